The van der Waals surface area contributed by atoms with Crippen LogP contribution >= 0.6 is 0 Å². The minimum absolute atomic E-state index is 0.0677. The lowest BCUT2D eigenvalue weighted by Gasteiger charge is -2.27. The molecule has 0 aliphatic heterocycles. The molecule has 0 fully saturated rings. The molecule has 1 atom stereocenters. The van der Waals surface area contributed by atoms with E-state index in [1.807, 2.05) is 0 Å². The number of carboxylic acid groups (broad SMARTS) is 1. The molecule has 1 amide bonds. The highest BCUT2D eigenvalue weighted by atomic mass is 32.2. The normalized spacial score (nSPS) is 12.5. The number of alkyl carbamates (subject to hydrolysis) is 1. The number of sulfone groups is 1. The predicted molar refractivity (Wildman–Crippen MR) is 251 cm³/mol. The summed E-state index contributed by atoms with van der Waals surface area (Å²) in [6, 6.07) is 26.9. The number of tetrazole rings is 1. The van der Waals surface area contributed by atoms with E-state index in [1.165, 1.54) is 45.2 Å². The van der Waals surface area contributed by atoms with Gasteiger partial charge in [-0.15, -0.1) is 10.2 Å². The van der Waals surface area contributed by atoms with Crippen molar-refractivity contribution in [2.24, 2.45) is 0 Å². The molecule has 0 saturated carbocycles. The lowest BCUT2D eigenvalue weighted by atomic mass is 9.98. The van der Waals surface area contributed by atoms with Crippen LogP contribution in [0.3, 0.4) is 0 Å². The van der Waals surface area contributed by atoms with Gasteiger partial charge in [-0.3, -0.25) is 0 Å². The average molecular weight is 967 g/mol. The lowest BCUT2D eigenvalue weighted by molar-refractivity contribution is 0.0512. The molecule has 3 N–H and O–H groups in total. The SMILES string of the molecule is COc1ccc(CN(Cc2ccc(OC)cc2)S(=O)(=O)c2c(S(=O)(=O)CC(C)NC(=O)OC(C)(C)C)ccc(-c3cccc4[nH]c(C(=O)O)nc34)c2-c2nnn(Cc3ccc(OC)cc3)n2)cc1. The number of aromatic amines is 1. The van der Waals surface area contributed by atoms with Gasteiger partial charge in [-0.05, 0) is 104 Å². The monoisotopic (exact) mass is 966 g/mol. The number of methoxy groups -OCH3 is 3. The Morgan fingerprint density at radius 2 is 1.34 bits per heavy atom. The van der Waals surface area contributed by atoms with E-state index >= 15 is 16.8 Å². The number of imidazole rings is 1. The molecule has 0 aliphatic carbocycles. The van der Waals surface area contributed by atoms with Gasteiger partial charge in [0.1, 0.15) is 27.7 Å². The van der Waals surface area contributed by atoms with E-state index in [0.29, 0.717) is 33.9 Å². The number of carbonyl (C=O) groups is 2. The summed E-state index contributed by atoms with van der Waals surface area (Å²) in [5.41, 5.74) is 1.40. The predicted octanol–water partition coefficient (Wildman–Crippen LogP) is 6.73. The molecular weight excluding hydrogens is 917 g/mol. The fourth-order valence-corrected chi connectivity index (χ4v) is 11.3. The summed E-state index contributed by atoms with van der Waals surface area (Å²) in [6.07, 6.45) is -0.875. The van der Waals surface area contributed by atoms with Gasteiger partial charge in [-0.2, -0.15) is 9.10 Å². The standard InChI is InChI=1S/C47H50N8O11S2/c1-29(48-46(58)66-47(2,3)4)28-67(59,60)39-24-23-36(37-9-8-10-38-41(37)50-44(49-38)45(56)57)40(43-51-53-55(52-43)27-32-15-21-35(65-7)22-16-32)42(39)68(61,62)54(25-30-11-17-33(63-5)18-12-30)26-31-13-19-34(64-6)20-14-31/h8-24,29H,25-28H2,1-7H3,(H,48,58)(H,49,50)(H,56,57). The van der Waals surface area contributed by atoms with E-state index in [1.54, 1.807) is 112 Å². The molecule has 356 valence electrons. The first-order valence-electron chi connectivity index (χ1n) is 21.1. The van der Waals surface area contributed by atoms with Crippen molar-refractivity contribution in [2.75, 3.05) is 27.1 Å². The maximum atomic E-state index is 16.1. The number of hydrogen-bond acceptors (Lipinski definition) is 14. The summed E-state index contributed by atoms with van der Waals surface area (Å²) in [5, 5.41) is 25.8. The summed E-state index contributed by atoms with van der Waals surface area (Å²) in [6.45, 7) is 5.98. The molecule has 2 aromatic heterocycles. The Kier molecular flexibility index (Phi) is 14.2. The third-order valence-electron chi connectivity index (χ3n) is 10.5. The zero-order chi connectivity index (χ0) is 49.0. The zero-order valence-corrected chi connectivity index (χ0v) is 39.9. The van der Waals surface area contributed by atoms with Gasteiger partial charge in [0, 0.05) is 24.7 Å². The molecule has 7 aromatic rings. The Morgan fingerprint density at radius 1 is 0.779 bits per heavy atom. The molecule has 0 spiro atoms. The molecule has 68 heavy (non-hydrogen) atoms. The fourth-order valence-electron chi connectivity index (χ4n) is 7.36. The number of para-hydroxylation sites is 1. The van der Waals surface area contributed by atoms with Crippen LogP contribution in [0.4, 0.5) is 4.79 Å². The molecule has 19 nitrogen and oxygen atoms in total. The Morgan fingerprint density at radius 3 is 1.87 bits per heavy atom. The minimum Gasteiger partial charge on any atom is -0.497 e. The Labute approximate surface area is 393 Å². The van der Waals surface area contributed by atoms with Gasteiger partial charge in [0.25, 0.3) is 0 Å². The van der Waals surface area contributed by atoms with Crippen LogP contribution in [0.15, 0.2) is 113 Å². The Hall–Kier alpha value is -7.36. The van der Waals surface area contributed by atoms with Crippen LogP contribution in [0.5, 0.6) is 17.2 Å². The van der Waals surface area contributed by atoms with E-state index in [2.05, 4.69) is 30.7 Å². The highest BCUT2D eigenvalue weighted by Gasteiger charge is 2.39. The second-order valence-corrected chi connectivity index (χ2v) is 20.6. The third-order valence-corrected chi connectivity index (χ3v) is 14.4. The quantitative estimate of drug-likeness (QED) is 0.0807. The van der Waals surface area contributed by atoms with E-state index < -0.39 is 59.1 Å². The van der Waals surface area contributed by atoms with Gasteiger partial charge < -0.3 is 34.4 Å². The van der Waals surface area contributed by atoms with Crippen LogP contribution in [0, 0.1) is 0 Å². The second-order valence-electron chi connectivity index (χ2n) is 16.7. The summed E-state index contributed by atoms with van der Waals surface area (Å²) in [4.78, 5) is 32.1. The molecule has 5 aromatic carbocycles. The second kappa shape index (κ2) is 19.9. The zero-order valence-electron chi connectivity index (χ0n) is 38.3. The van der Waals surface area contributed by atoms with Crippen molar-refractivity contribution in [3.05, 3.63) is 126 Å². The number of carbonyl (C=O) groups excluding carboxylic acids is 1. The highest BCUT2D eigenvalue weighted by molar-refractivity contribution is 7.93. The van der Waals surface area contributed by atoms with Crippen LogP contribution < -0.4 is 19.5 Å². The number of fused-ring (bicyclic) bond motifs is 1. The maximum absolute atomic E-state index is 16.1. The third kappa shape index (κ3) is 11.1. The first-order chi connectivity index (χ1) is 32.3. The molecule has 2 heterocycles. The Balaban J connectivity index is 1.51. The number of nitrogens with one attached hydrogen (secondary N) is 2. The van der Waals surface area contributed by atoms with Gasteiger partial charge in [0.15, 0.2) is 9.84 Å². The van der Waals surface area contributed by atoms with Crippen LogP contribution in [-0.2, 0) is 44.2 Å². The number of carboxylic acids is 1. The van der Waals surface area contributed by atoms with Crippen molar-refractivity contribution in [3.63, 3.8) is 0 Å². The number of aromatic nitrogens is 6. The van der Waals surface area contributed by atoms with Gasteiger partial charge in [-0.1, -0.05) is 54.6 Å². The van der Waals surface area contributed by atoms with Crippen LogP contribution in [0.25, 0.3) is 33.5 Å². The van der Waals surface area contributed by atoms with Crippen molar-refractivity contribution < 1.29 is 50.5 Å². The van der Waals surface area contributed by atoms with Crippen LogP contribution in [-0.4, -0.2) is 107 Å². The first kappa shape index (κ1) is 48.6. The molecule has 0 saturated heterocycles. The number of hydrogen-bond donors (Lipinski definition) is 3. The van der Waals surface area contributed by atoms with Gasteiger partial charge >= 0.3 is 12.1 Å². The van der Waals surface area contributed by atoms with Crippen molar-refractivity contribution in [2.45, 2.75) is 68.8 Å². The molecule has 0 radical (unpaired) electrons. The maximum Gasteiger partial charge on any atom is 0.407 e. The molecule has 1 unspecified atom stereocenters. The summed E-state index contributed by atoms with van der Waals surface area (Å²) in [7, 11) is -5.17. The van der Waals surface area contributed by atoms with Crippen molar-refractivity contribution in [1.82, 2.24) is 39.8 Å². The van der Waals surface area contributed by atoms with Gasteiger partial charge in [0.05, 0.1) is 55.1 Å². The number of nitrogens with zero attached hydrogens (tertiary/aromatic N) is 6. The number of rotatable bonds is 18. The van der Waals surface area contributed by atoms with Gasteiger partial charge in [-0.25, -0.2) is 31.4 Å². The topological polar surface area (TPSA) is 247 Å². The molecule has 0 bridgehead atoms. The average Bonchev–Trinajstić information content (AvgIpc) is 3.96. The number of sulfonamides is 1. The Bertz CT molecular complexity index is 3120. The number of amides is 1. The first-order valence-corrected chi connectivity index (χ1v) is 24.2. The smallest absolute Gasteiger partial charge is 0.407 e. The van der Waals surface area contributed by atoms with Crippen LogP contribution in [0.1, 0.15) is 55.0 Å². The highest BCUT2D eigenvalue weighted by Crippen LogP contribution is 2.43. The van der Waals surface area contributed by atoms with E-state index in [-0.39, 0.29) is 53.5 Å². The van der Waals surface area contributed by atoms with Gasteiger partial charge in [0.2, 0.25) is 21.7 Å². The summed E-state index contributed by atoms with van der Waals surface area (Å²) >= 11 is 0. The number of H-pyrrole nitrogens is 1. The number of benzene rings is 5. The minimum atomic E-state index is -5.03. The fraction of sp³-hybridized carbons (Fsp3) is 0.277. The van der Waals surface area contributed by atoms with E-state index in [4.69, 9.17) is 18.9 Å². The molecular formula is C47H50N8O11S2. The molecule has 7 rings (SSSR count). The summed E-state index contributed by atoms with van der Waals surface area (Å²) in [5.74, 6) is -1.11. The summed E-state index contributed by atoms with van der Waals surface area (Å²) < 4.78 is 84.8. The van der Waals surface area contributed by atoms with Crippen molar-refractivity contribution in [3.8, 4) is 39.8 Å². The van der Waals surface area contributed by atoms with E-state index in [9.17, 15) is 14.7 Å². The number of ether oxygens (including phenoxy) is 4. The van der Waals surface area contributed by atoms with Crippen molar-refractivity contribution in [1.29, 1.82) is 0 Å². The lowest BCUT2D eigenvalue weighted by Crippen LogP contribution is -2.41. The van der Waals surface area contributed by atoms with Crippen LogP contribution in [0.2, 0.25) is 0 Å². The van der Waals surface area contributed by atoms with Crippen molar-refractivity contribution >= 4 is 43.0 Å². The largest absolute Gasteiger partial charge is 0.497 e. The van der Waals surface area contributed by atoms with E-state index in [0.717, 1.165) is 9.87 Å². The molecule has 0 aliphatic rings. The molecule has 21 heteroatoms. The number of aromatic carboxylic acids is 1.